The number of carbonyl (C=O) groups is 1. The number of nitrogens with zero attached hydrogens (tertiary/aromatic N) is 4. The van der Waals surface area contributed by atoms with Gasteiger partial charge in [-0.15, -0.1) is 5.10 Å². The molecule has 0 aliphatic heterocycles. The second-order valence-electron chi connectivity index (χ2n) is 3.73. The summed E-state index contributed by atoms with van der Waals surface area (Å²) < 4.78 is 6.84. The molecule has 2 heterocycles. The van der Waals surface area contributed by atoms with Crippen molar-refractivity contribution >= 4 is 17.3 Å². The van der Waals surface area contributed by atoms with E-state index < -0.39 is 5.97 Å². The number of rotatable bonds is 4. The highest BCUT2D eigenvalue weighted by Gasteiger charge is 2.19. The van der Waals surface area contributed by atoms with Crippen LogP contribution in [0.25, 0.3) is 5.69 Å². The van der Waals surface area contributed by atoms with E-state index in [4.69, 9.17) is 9.84 Å². The molecular weight excluding hydrogens is 280 g/mol. The molecule has 7 nitrogen and oxygen atoms in total. The Kier molecular flexibility index (Phi) is 3.13. The Morgan fingerprint density at radius 1 is 1.30 bits per heavy atom. The molecule has 0 aliphatic rings. The van der Waals surface area contributed by atoms with Gasteiger partial charge >= 0.3 is 5.97 Å². The Balaban J connectivity index is 2.01. The van der Waals surface area contributed by atoms with Gasteiger partial charge in [-0.1, -0.05) is 34.6 Å². The molecule has 2 aromatic heterocycles. The van der Waals surface area contributed by atoms with Gasteiger partial charge in [0.1, 0.15) is 5.51 Å². The Hall–Kier alpha value is -2.74. The molecule has 3 rings (SSSR count). The van der Waals surface area contributed by atoms with Crippen LogP contribution in [0.5, 0.6) is 10.9 Å². The molecule has 0 saturated heterocycles. The van der Waals surface area contributed by atoms with Crippen molar-refractivity contribution in [3.05, 3.63) is 47.7 Å². The molecule has 0 aliphatic carbocycles. The van der Waals surface area contributed by atoms with Crippen LogP contribution in [0.2, 0.25) is 0 Å². The molecule has 0 bridgehead atoms. The number of carboxylic acid groups (broad SMARTS) is 1. The van der Waals surface area contributed by atoms with Crippen molar-refractivity contribution in [2.75, 3.05) is 0 Å². The molecule has 0 radical (unpaired) electrons. The average Bonchev–Trinajstić information content (AvgIpc) is 3.10. The Bertz CT molecular complexity index is 725. The zero-order chi connectivity index (χ0) is 13.9. The van der Waals surface area contributed by atoms with E-state index in [1.807, 2.05) is 30.3 Å². The van der Waals surface area contributed by atoms with Crippen molar-refractivity contribution in [2.45, 2.75) is 0 Å². The van der Waals surface area contributed by atoms with Crippen molar-refractivity contribution in [1.82, 2.24) is 20.0 Å². The summed E-state index contributed by atoms with van der Waals surface area (Å²) >= 11 is 1.17. The van der Waals surface area contributed by atoms with Crippen LogP contribution in [0.15, 0.2) is 42.0 Å². The van der Waals surface area contributed by atoms with Gasteiger partial charge in [-0.3, -0.25) is 0 Å². The van der Waals surface area contributed by atoms with Crippen LogP contribution in [0.1, 0.15) is 10.5 Å². The van der Waals surface area contributed by atoms with Gasteiger partial charge in [0, 0.05) is 0 Å². The molecule has 0 saturated carbocycles. The van der Waals surface area contributed by atoms with E-state index in [9.17, 15) is 4.79 Å². The largest absolute Gasteiger partial charge is 0.476 e. The van der Waals surface area contributed by atoms with Gasteiger partial charge in [-0.25, -0.2) is 9.48 Å². The predicted molar refractivity (Wildman–Crippen MR) is 70.5 cm³/mol. The lowest BCUT2D eigenvalue weighted by molar-refractivity contribution is 0.0687. The first-order valence-electron chi connectivity index (χ1n) is 5.56. The molecule has 0 unspecified atom stereocenters. The van der Waals surface area contributed by atoms with E-state index in [-0.39, 0.29) is 16.6 Å². The van der Waals surface area contributed by atoms with Gasteiger partial charge in [-0.2, -0.15) is 5.10 Å². The topological polar surface area (TPSA) is 90.1 Å². The van der Waals surface area contributed by atoms with Crippen molar-refractivity contribution in [1.29, 1.82) is 0 Å². The first-order valence-corrected chi connectivity index (χ1v) is 6.44. The first kappa shape index (κ1) is 12.3. The van der Waals surface area contributed by atoms with Crippen LogP contribution < -0.4 is 4.74 Å². The predicted octanol–water partition coefficient (Wildman–Crippen LogP) is 2.21. The minimum atomic E-state index is -1.17. The molecule has 100 valence electrons. The molecular formula is C12H8N4O3S. The number of para-hydroxylation sites is 1. The third-order valence-electron chi connectivity index (χ3n) is 2.44. The summed E-state index contributed by atoms with van der Waals surface area (Å²) in [5.74, 6) is -1.04. The zero-order valence-electron chi connectivity index (χ0n) is 10.0. The van der Waals surface area contributed by atoms with Crippen LogP contribution in [-0.4, -0.2) is 31.1 Å². The lowest BCUT2D eigenvalue weighted by Gasteiger charge is -1.98. The number of ether oxygens (including phenoxy) is 1. The smallest absolute Gasteiger partial charge is 0.360 e. The number of aromatic nitrogens is 4. The molecule has 20 heavy (non-hydrogen) atoms. The number of hydrogen-bond acceptors (Lipinski definition) is 6. The maximum Gasteiger partial charge on any atom is 0.360 e. The third-order valence-corrected chi connectivity index (χ3v) is 3.01. The molecule has 8 heteroatoms. The number of aromatic carboxylic acids is 1. The molecule has 1 N–H and O–H groups in total. The minimum Gasteiger partial charge on any atom is -0.476 e. The van der Waals surface area contributed by atoms with Gasteiger partial charge in [-0.05, 0) is 12.1 Å². The van der Waals surface area contributed by atoms with Crippen LogP contribution >= 0.6 is 11.3 Å². The van der Waals surface area contributed by atoms with Gasteiger partial charge in [0.15, 0.2) is 5.75 Å². The van der Waals surface area contributed by atoms with Crippen LogP contribution in [0.3, 0.4) is 0 Å². The Morgan fingerprint density at radius 2 is 2.10 bits per heavy atom. The molecule has 0 atom stereocenters. The summed E-state index contributed by atoms with van der Waals surface area (Å²) in [6.45, 7) is 0. The van der Waals surface area contributed by atoms with Crippen LogP contribution in [0, 0.1) is 0 Å². The van der Waals surface area contributed by atoms with Crippen LogP contribution in [-0.2, 0) is 0 Å². The highest BCUT2D eigenvalue weighted by molar-refractivity contribution is 7.11. The molecule has 3 aromatic rings. The van der Waals surface area contributed by atoms with E-state index in [0.717, 1.165) is 5.69 Å². The van der Waals surface area contributed by atoms with E-state index in [0.29, 0.717) is 0 Å². The fraction of sp³-hybridized carbons (Fsp3) is 0. The fourth-order valence-electron chi connectivity index (χ4n) is 1.60. The van der Waals surface area contributed by atoms with Gasteiger partial charge in [0.05, 0.1) is 11.9 Å². The Morgan fingerprint density at radius 3 is 2.75 bits per heavy atom. The van der Waals surface area contributed by atoms with Crippen molar-refractivity contribution in [2.24, 2.45) is 0 Å². The zero-order valence-corrected chi connectivity index (χ0v) is 10.8. The second-order valence-corrected chi connectivity index (χ2v) is 4.53. The standard InChI is InChI=1S/C12H8N4O3S/c17-11(18)10-9(19-12-14-13-7-20-12)6-16(15-10)8-4-2-1-3-5-8/h1-7H,(H,17,18). The van der Waals surface area contributed by atoms with E-state index >= 15 is 0 Å². The van der Waals surface area contributed by atoms with Gasteiger partial charge < -0.3 is 9.84 Å². The van der Waals surface area contributed by atoms with Crippen LogP contribution in [0.4, 0.5) is 0 Å². The van der Waals surface area contributed by atoms with E-state index in [1.165, 1.54) is 27.7 Å². The molecule has 0 amide bonds. The molecule has 0 spiro atoms. The van der Waals surface area contributed by atoms with E-state index in [2.05, 4.69) is 15.3 Å². The summed E-state index contributed by atoms with van der Waals surface area (Å²) in [6, 6.07) is 9.16. The van der Waals surface area contributed by atoms with Crippen molar-refractivity contribution < 1.29 is 14.6 Å². The minimum absolute atomic E-state index is 0.123. The third kappa shape index (κ3) is 2.36. The van der Waals surface area contributed by atoms with E-state index in [1.54, 1.807) is 0 Å². The highest BCUT2D eigenvalue weighted by atomic mass is 32.1. The second kappa shape index (κ2) is 5.10. The first-order chi connectivity index (χ1) is 9.74. The summed E-state index contributed by atoms with van der Waals surface area (Å²) in [7, 11) is 0. The SMILES string of the molecule is O=C(O)c1nn(-c2ccccc2)cc1Oc1nncs1. The number of benzene rings is 1. The maximum absolute atomic E-state index is 11.2. The van der Waals surface area contributed by atoms with Crippen molar-refractivity contribution in [3.63, 3.8) is 0 Å². The fourth-order valence-corrected chi connectivity index (χ4v) is 2.01. The summed E-state index contributed by atoms with van der Waals surface area (Å²) in [6.07, 6.45) is 1.50. The number of carboxylic acids is 1. The maximum atomic E-state index is 11.2. The summed E-state index contributed by atoms with van der Waals surface area (Å²) in [4.78, 5) is 11.2. The monoisotopic (exact) mass is 288 g/mol. The molecule has 0 fully saturated rings. The average molecular weight is 288 g/mol. The quantitative estimate of drug-likeness (QED) is 0.791. The lowest BCUT2D eigenvalue weighted by atomic mass is 10.3. The Labute approximate surface area is 117 Å². The highest BCUT2D eigenvalue weighted by Crippen LogP contribution is 2.26. The van der Waals surface area contributed by atoms with Gasteiger partial charge in [0.2, 0.25) is 5.69 Å². The van der Waals surface area contributed by atoms with Crippen molar-refractivity contribution in [3.8, 4) is 16.6 Å². The normalized spacial score (nSPS) is 10.4. The number of hydrogen-bond donors (Lipinski definition) is 1. The van der Waals surface area contributed by atoms with Gasteiger partial charge in [0.25, 0.3) is 5.19 Å². The summed E-state index contributed by atoms with van der Waals surface area (Å²) in [5, 5.41) is 20.8. The summed E-state index contributed by atoms with van der Waals surface area (Å²) in [5.41, 5.74) is 2.06. The molecule has 1 aromatic carbocycles. The lowest BCUT2D eigenvalue weighted by Crippen LogP contribution is -2.01.